The fourth-order valence-electron chi connectivity index (χ4n) is 5.45. The Morgan fingerprint density at radius 3 is 2.47 bits per heavy atom. The third-order valence-corrected chi connectivity index (χ3v) is 8.49. The van der Waals surface area contributed by atoms with Gasteiger partial charge in [-0.3, -0.25) is 29.2 Å². The number of carboxylic acids is 1. The number of aromatic nitrogens is 1. The molecular weight excluding hydrogens is 582 g/mol. The van der Waals surface area contributed by atoms with Crippen molar-refractivity contribution in [3.05, 3.63) is 47.7 Å². The normalized spacial score (nSPS) is 22.3. The Kier molecular flexibility index (Phi) is 10.1. The Balaban J connectivity index is 1.20. The Morgan fingerprint density at radius 2 is 1.78 bits per heavy atom. The quantitative estimate of drug-likeness (QED) is 0.259. The van der Waals surface area contributed by atoms with Crippen LogP contribution in [0, 0.1) is 11.3 Å². The van der Waals surface area contributed by atoms with E-state index in [-0.39, 0.29) is 30.9 Å². The molecule has 2 aromatic rings. The number of rotatable bonds is 10. The molecule has 1 saturated carbocycles. The minimum absolute atomic E-state index is 0.0217. The highest BCUT2D eigenvalue weighted by Crippen LogP contribution is 2.32. The zero-order valence-electron chi connectivity index (χ0n) is 25.5. The number of aliphatic hydroxyl groups excluding tert-OH is 1. The van der Waals surface area contributed by atoms with Gasteiger partial charge < -0.3 is 30.3 Å². The molecule has 4 unspecified atom stereocenters. The lowest BCUT2D eigenvalue weighted by Gasteiger charge is -2.35. The van der Waals surface area contributed by atoms with E-state index in [4.69, 9.17) is 14.5 Å². The van der Waals surface area contributed by atoms with Crippen molar-refractivity contribution in [1.82, 2.24) is 26.1 Å². The van der Waals surface area contributed by atoms with Gasteiger partial charge in [0.1, 0.15) is 23.6 Å². The molecule has 5 rings (SSSR count). The number of amides is 3. The molecule has 5 N–H and O–H groups in total. The molecule has 3 heterocycles. The van der Waals surface area contributed by atoms with Gasteiger partial charge >= 0.3 is 5.97 Å². The minimum atomic E-state index is -1.28. The van der Waals surface area contributed by atoms with Crippen molar-refractivity contribution in [2.75, 3.05) is 33.0 Å². The van der Waals surface area contributed by atoms with E-state index in [2.05, 4.69) is 16.1 Å². The van der Waals surface area contributed by atoms with Gasteiger partial charge in [-0.15, -0.1) is 0 Å². The SMILES string of the molecule is CC(NC(=O)C(O)C1CC1)C(=O)N1CCCC(C(=O)NC(C)c2ccc3ccc(C=CC4(C(=O)O)COCCOC4)cc3n2)N1. The number of hydrogen-bond acceptors (Lipinski definition) is 9. The number of fused-ring (bicyclic) bond motifs is 1. The van der Waals surface area contributed by atoms with Crippen molar-refractivity contribution in [2.24, 2.45) is 11.3 Å². The molecule has 3 fully saturated rings. The third-order valence-electron chi connectivity index (χ3n) is 8.49. The number of aliphatic carboxylic acids is 1. The number of aliphatic hydroxyl groups is 1. The number of carbonyl (C=O) groups is 4. The first-order valence-corrected chi connectivity index (χ1v) is 15.4. The van der Waals surface area contributed by atoms with Crippen LogP contribution >= 0.6 is 0 Å². The summed E-state index contributed by atoms with van der Waals surface area (Å²) in [4.78, 5) is 55.2. The summed E-state index contributed by atoms with van der Waals surface area (Å²) >= 11 is 0. The van der Waals surface area contributed by atoms with Gasteiger partial charge in [-0.2, -0.15) is 0 Å². The molecule has 1 aliphatic carbocycles. The molecule has 45 heavy (non-hydrogen) atoms. The van der Waals surface area contributed by atoms with E-state index in [0.717, 1.165) is 23.8 Å². The summed E-state index contributed by atoms with van der Waals surface area (Å²) in [6.45, 7) is 4.51. The van der Waals surface area contributed by atoms with Crippen LogP contribution in [0.5, 0.6) is 0 Å². The topological polar surface area (TPSA) is 179 Å². The van der Waals surface area contributed by atoms with Crippen LogP contribution in [0.25, 0.3) is 17.0 Å². The summed E-state index contributed by atoms with van der Waals surface area (Å²) in [5.74, 6) is -2.29. The van der Waals surface area contributed by atoms with Crippen LogP contribution in [0.4, 0.5) is 0 Å². The highest BCUT2D eigenvalue weighted by molar-refractivity contribution is 5.90. The molecule has 1 aromatic heterocycles. The maximum atomic E-state index is 13.2. The van der Waals surface area contributed by atoms with Gasteiger partial charge in [0, 0.05) is 11.9 Å². The Hall–Kier alpha value is -3.91. The lowest BCUT2D eigenvalue weighted by Crippen LogP contribution is -2.61. The fourth-order valence-corrected chi connectivity index (χ4v) is 5.45. The fraction of sp³-hybridized carbons (Fsp3) is 0.531. The van der Waals surface area contributed by atoms with Crippen molar-refractivity contribution in [1.29, 1.82) is 0 Å². The average molecular weight is 624 g/mol. The van der Waals surface area contributed by atoms with Gasteiger partial charge in [0.25, 0.3) is 5.91 Å². The molecule has 3 aliphatic rings. The second-order valence-electron chi connectivity index (χ2n) is 12.1. The summed E-state index contributed by atoms with van der Waals surface area (Å²) in [7, 11) is 0. The number of carbonyl (C=O) groups excluding carboxylic acids is 3. The third kappa shape index (κ3) is 7.85. The van der Waals surface area contributed by atoms with Crippen molar-refractivity contribution in [3.8, 4) is 0 Å². The lowest BCUT2D eigenvalue weighted by molar-refractivity contribution is -0.150. The van der Waals surface area contributed by atoms with E-state index in [1.54, 1.807) is 19.1 Å². The van der Waals surface area contributed by atoms with E-state index in [1.165, 1.54) is 5.01 Å². The first-order valence-electron chi connectivity index (χ1n) is 15.4. The molecule has 4 atom stereocenters. The van der Waals surface area contributed by atoms with E-state index >= 15 is 0 Å². The van der Waals surface area contributed by atoms with E-state index in [1.807, 2.05) is 37.3 Å². The summed E-state index contributed by atoms with van der Waals surface area (Å²) in [5.41, 5.74) is 3.79. The molecule has 13 nitrogen and oxygen atoms in total. The molecule has 1 aromatic carbocycles. The smallest absolute Gasteiger partial charge is 0.318 e. The summed E-state index contributed by atoms with van der Waals surface area (Å²) in [6.07, 6.45) is 4.95. The first kappa shape index (κ1) is 32.5. The van der Waals surface area contributed by atoms with E-state index in [0.29, 0.717) is 43.8 Å². The van der Waals surface area contributed by atoms with Crippen LogP contribution in [-0.2, 0) is 28.7 Å². The van der Waals surface area contributed by atoms with Crippen molar-refractivity contribution >= 4 is 40.7 Å². The van der Waals surface area contributed by atoms with Crippen LogP contribution in [0.1, 0.15) is 56.8 Å². The monoisotopic (exact) mass is 623 g/mol. The number of hydrogen-bond donors (Lipinski definition) is 5. The number of hydrazine groups is 1. The number of ether oxygens (including phenoxy) is 2. The van der Waals surface area contributed by atoms with E-state index < -0.39 is 41.5 Å². The molecule has 0 spiro atoms. The molecule has 2 saturated heterocycles. The second-order valence-corrected chi connectivity index (χ2v) is 12.1. The molecule has 242 valence electrons. The largest absolute Gasteiger partial charge is 0.480 e. The molecule has 3 amide bonds. The molecule has 13 heteroatoms. The predicted molar refractivity (Wildman–Crippen MR) is 163 cm³/mol. The second kappa shape index (κ2) is 14.0. The molecule has 0 radical (unpaired) electrons. The highest BCUT2D eigenvalue weighted by Gasteiger charge is 2.39. The van der Waals surface area contributed by atoms with Crippen molar-refractivity contribution in [2.45, 2.75) is 63.8 Å². The van der Waals surface area contributed by atoms with Crippen molar-refractivity contribution in [3.63, 3.8) is 0 Å². The maximum absolute atomic E-state index is 13.2. The minimum Gasteiger partial charge on any atom is -0.480 e. The Bertz CT molecular complexity index is 1450. The van der Waals surface area contributed by atoms with Gasteiger partial charge in [-0.05, 0) is 63.1 Å². The van der Waals surface area contributed by atoms with Crippen LogP contribution in [-0.4, -0.2) is 95.1 Å². The molecular formula is C32H41N5O8. The van der Waals surface area contributed by atoms with Crippen LogP contribution < -0.4 is 16.1 Å². The van der Waals surface area contributed by atoms with Gasteiger partial charge in [-0.1, -0.05) is 30.4 Å². The molecule has 0 bridgehead atoms. The Morgan fingerprint density at radius 1 is 1.07 bits per heavy atom. The zero-order valence-corrected chi connectivity index (χ0v) is 25.5. The first-order chi connectivity index (χ1) is 21.6. The molecule has 2 aliphatic heterocycles. The van der Waals surface area contributed by atoms with Gasteiger partial charge in [0.2, 0.25) is 11.8 Å². The van der Waals surface area contributed by atoms with Crippen LogP contribution in [0.3, 0.4) is 0 Å². The number of pyridine rings is 1. The number of carboxylic acid groups (broad SMARTS) is 1. The summed E-state index contributed by atoms with van der Waals surface area (Å²) < 4.78 is 10.9. The maximum Gasteiger partial charge on any atom is 0.318 e. The average Bonchev–Trinajstić information content (AvgIpc) is 3.91. The standard InChI is InChI=1S/C32H41N5O8/c1-19(33-28(39)25-4-3-13-37(36-25)30(41)20(2)34-29(40)27(38)23-7-8-23)24-10-9-22-6-5-21(16-26(22)35-24)11-12-32(31(42)43)17-44-14-15-45-18-32/h5-6,9-12,16,19-20,23,25,27,36,38H,3-4,7-8,13-15,17-18H2,1-2H3,(H,33,39)(H,34,40)(H,42,43). The van der Waals surface area contributed by atoms with Gasteiger partial charge in [0.05, 0.1) is 43.7 Å². The predicted octanol–water partition coefficient (Wildman–Crippen LogP) is 1.31. The number of benzene rings is 1. The van der Waals surface area contributed by atoms with Gasteiger partial charge in [0.15, 0.2) is 0 Å². The zero-order chi connectivity index (χ0) is 32.1. The number of nitrogens with one attached hydrogen (secondary N) is 3. The van der Waals surface area contributed by atoms with E-state index in [9.17, 15) is 29.4 Å². The lowest BCUT2D eigenvalue weighted by atomic mass is 9.89. The van der Waals surface area contributed by atoms with Crippen LogP contribution in [0.15, 0.2) is 36.4 Å². The van der Waals surface area contributed by atoms with Crippen LogP contribution in [0.2, 0.25) is 0 Å². The highest BCUT2D eigenvalue weighted by atomic mass is 16.5. The summed E-state index contributed by atoms with van der Waals surface area (Å²) in [6, 6.07) is 7.44. The van der Waals surface area contributed by atoms with Gasteiger partial charge in [-0.25, -0.2) is 5.43 Å². The van der Waals surface area contributed by atoms with Crippen molar-refractivity contribution < 1.29 is 38.9 Å². The Labute approximate surface area is 261 Å². The number of nitrogens with zero attached hydrogens (tertiary/aromatic N) is 2. The summed E-state index contributed by atoms with van der Waals surface area (Å²) in [5, 5.41) is 27.7.